The van der Waals surface area contributed by atoms with Gasteiger partial charge in [0.1, 0.15) is 0 Å². The van der Waals surface area contributed by atoms with E-state index in [9.17, 15) is 0 Å². The van der Waals surface area contributed by atoms with Crippen molar-refractivity contribution in [2.75, 3.05) is 0 Å². The first-order chi connectivity index (χ1) is 7.12. The molecule has 16 heavy (non-hydrogen) atoms. The zero-order chi connectivity index (χ0) is 13.1. The van der Waals surface area contributed by atoms with E-state index in [1.54, 1.807) is 0 Å². The van der Waals surface area contributed by atoms with Gasteiger partial charge in [-0.3, -0.25) is 0 Å². The minimum absolute atomic E-state index is 0.155. The Morgan fingerprint density at radius 1 is 0.812 bits per heavy atom. The van der Waals surface area contributed by atoms with Crippen LogP contribution in [0.15, 0.2) is 4.52 Å². The summed E-state index contributed by atoms with van der Waals surface area (Å²) < 4.78 is 4.27. The van der Waals surface area contributed by atoms with Crippen LogP contribution >= 0.6 is 12.4 Å². The fourth-order valence-electron chi connectivity index (χ4n) is 1.77. The number of rotatable bonds is 5. The fraction of sp³-hybridized carbons (Fsp3) is 1.00. The van der Waals surface area contributed by atoms with Gasteiger partial charge in [-0.15, -0.1) is 0 Å². The van der Waals surface area contributed by atoms with Crippen LogP contribution in [-0.4, -0.2) is 43.9 Å². The molecular formula is C12H28NP2Te+. The SMILES string of the molecule is CC(C)[P+](=NP(=[Te])(C(C)C)C(C)C)C(C)C. The topological polar surface area (TPSA) is 12.4 Å². The van der Waals surface area contributed by atoms with Gasteiger partial charge in [0.25, 0.3) is 0 Å². The van der Waals surface area contributed by atoms with Gasteiger partial charge in [-0.05, 0) is 0 Å². The van der Waals surface area contributed by atoms with E-state index in [-0.39, 0.29) is 7.71 Å². The van der Waals surface area contributed by atoms with Gasteiger partial charge in [-0.25, -0.2) is 0 Å². The maximum absolute atomic E-state index is 5.39. The molecule has 0 aromatic heterocycles. The van der Waals surface area contributed by atoms with E-state index in [4.69, 9.17) is 4.52 Å². The summed E-state index contributed by atoms with van der Waals surface area (Å²) >= 11 is 2.36. The Hall–Kier alpha value is 1.32. The normalized spacial score (nSPS) is 13.0. The van der Waals surface area contributed by atoms with Crippen LogP contribution < -0.4 is 0 Å². The first kappa shape index (κ1) is 17.3. The average Bonchev–Trinajstić information content (AvgIpc) is 2.11. The Labute approximate surface area is 116 Å². The second kappa shape index (κ2) is 7.04. The van der Waals surface area contributed by atoms with Gasteiger partial charge in [0.05, 0.1) is 0 Å². The van der Waals surface area contributed by atoms with Crippen molar-refractivity contribution in [2.24, 2.45) is 4.52 Å². The number of nitrogens with zero attached hydrogens (tertiary/aromatic N) is 1. The van der Waals surface area contributed by atoms with Crippen molar-refractivity contribution in [3.63, 3.8) is 0 Å². The predicted octanol–water partition coefficient (Wildman–Crippen LogP) is 5.30. The molecule has 0 aromatic rings. The molecule has 0 aliphatic rings. The summed E-state index contributed by atoms with van der Waals surface area (Å²) in [5, 5.41) is 0. The van der Waals surface area contributed by atoms with Gasteiger partial charge < -0.3 is 0 Å². The summed E-state index contributed by atoms with van der Waals surface area (Å²) in [6.07, 6.45) is 0. The first-order valence-electron chi connectivity index (χ1n) is 6.23. The van der Waals surface area contributed by atoms with Crippen molar-refractivity contribution in [1.29, 1.82) is 0 Å². The Kier molecular flexibility index (Phi) is 7.62. The van der Waals surface area contributed by atoms with Crippen LogP contribution in [0.5, 0.6) is 0 Å². The third-order valence-electron chi connectivity index (χ3n) is 2.78. The summed E-state index contributed by atoms with van der Waals surface area (Å²) in [5.74, 6) is 0. The van der Waals surface area contributed by atoms with Crippen molar-refractivity contribution in [3.8, 4) is 0 Å². The van der Waals surface area contributed by atoms with Crippen molar-refractivity contribution in [2.45, 2.75) is 78.0 Å². The van der Waals surface area contributed by atoms with E-state index >= 15 is 0 Å². The molecule has 0 radical (unpaired) electrons. The molecule has 4 heteroatoms. The molecule has 0 bridgehead atoms. The van der Waals surface area contributed by atoms with E-state index in [1.165, 1.54) is 0 Å². The molecule has 0 heterocycles. The zero-order valence-electron chi connectivity index (χ0n) is 12.1. The second-order valence-corrected chi connectivity index (χ2v) is 17.5. The van der Waals surface area contributed by atoms with Gasteiger partial charge >= 0.3 is 116 Å². The molecule has 0 N–H and O–H groups in total. The first-order valence-corrected chi connectivity index (χ1v) is 12.6. The molecule has 0 saturated heterocycles. The average molecular weight is 376 g/mol. The number of hydrogen-bond acceptors (Lipinski definition) is 1. The molecule has 0 fully saturated rings. The maximum atomic E-state index is 5.39. The van der Waals surface area contributed by atoms with E-state index < -0.39 is 4.64 Å². The van der Waals surface area contributed by atoms with Crippen LogP contribution in [0, 0.1) is 0 Å². The van der Waals surface area contributed by atoms with Crippen LogP contribution in [-0.2, 0) is 0 Å². The molecule has 0 aromatic carbocycles. The van der Waals surface area contributed by atoms with Gasteiger partial charge in [0, 0.05) is 0 Å². The minimum atomic E-state index is -1.11. The van der Waals surface area contributed by atoms with Crippen LogP contribution in [0.4, 0.5) is 0 Å². The quantitative estimate of drug-likeness (QED) is 0.456. The molecular weight excluding hydrogens is 348 g/mol. The summed E-state index contributed by atoms with van der Waals surface area (Å²) in [4.78, 5) is 0. The second-order valence-electron chi connectivity index (χ2n) is 5.52. The Morgan fingerprint density at radius 2 is 1.12 bits per heavy atom. The van der Waals surface area contributed by atoms with Crippen molar-refractivity contribution in [1.82, 2.24) is 0 Å². The molecule has 0 saturated carbocycles. The van der Waals surface area contributed by atoms with E-state index in [0.29, 0.717) is 0 Å². The Balaban J connectivity index is 5.42. The summed E-state index contributed by atoms with van der Waals surface area (Å²) in [6, 6.07) is 0. The Morgan fingerprint density at radius 3 is 1.31 bits per heavy atom. The standard InChI is InChI=1S/C12H28NP2Te/c1-9(2)14(10(3)4)13-15(16,11(5)6)12(7)8/h9-12H,1-8H3/q+1. The molecule has 1 nitrogen and oxygen atoms in total. The molecule has 0 aliphatic carbocycles. The van der Waals surface area contributed by atoms with Crippen molar-refractivity contribution < 1.29 is 0 Å². The molecule has 0 aliphatic heterocycles. The van der Waals surface area contributed by atoms with Gasteiger partial charge in [-0.1, -0.05) is 0 Å². The van der Waals surface area contributed by atoms with Crippen molar-refractivity contribution >= 4 is 33.6 Å². The van der Waals surface area contributed by atoms with E-state index in [2.05, 4.69) is 76.6 Å². The van der Waals surface area contributed by atoms with Crippen molar-refractivity contribution in [3.05, 3.63) is 0 Å². The predicted molar refractivity (Wildman–Crippen MR) is 82.6 cm³/mol. The van der Waals surface area contributed by atoms with Gasteiger partial charge in [-0.2, -0.15) is 0 Å². The summed E-state index contributed by atoms with van der Waals surface area (Å²) in [7, 11) is -0.155. The van der Waals surface area contributed by atoms with Gasteiger partial charge in [0.2, 0.25) is 0 Å². The Bertz CT molecular complexity index is 271. The third kappa shape index (κ3) is 4.53. The summed E-state index contributed by atoms with van der Waals surface area (Å²) in [6.45, 7) is 18.8. The zero-order valence-corrected chi connectivity index (χ0v) is 16.2. The molecule has 0 rings (SSSR count). The van der Waals surface area contributed by atoms with E-state index in [1.807, 2.05) is 0 Å². The van der Waals surface area contributed by atoms with E-state index in [0.717, 1.165) is 22.6 Å². The summed E-state index contributed by atoms with van der Waals surface area (Å²) in [5.41, 5.74) is 2.93. The third-order valence-corrected chi connectivity index (χ3v) is 18.9. The van der Waals surface area contributed by atoms with Crippen LogP contribution in [0.25, 0.3) is 0 Å². The molecule has 0 spiro atoms. The van der Waals surface area contributed by atoms with Crippen LogP contribution in [0.2, 0.25) is 0 Å². The molecule has 96 valence electrons. The van der Waals surface area contributed by atoms with Crippen LogP contribution in [0.3, 0.4) is 0 Å². The fourth-order valence-corrected chi connectivity index (χ4v) is 10.9. The molecule has 0 atom stereocenters. The monoisotopic (exact) mass is 378 g/mol. The molecule has 0 unspecified atom stereocenters. The molecule has 0 amide bonds. The van der Waals surface area contributed by atoms with Crippen LogP contribution in [0.1, 0.15) is 55.4 Å². The van der Waals surface area contributed by atoms with Gasteiger partial charge in [0.15, 0.2) is 0 Å². The number of hydrogen-bond donors (Lipinski definition) is 0.